The van der Waals surface area contributed by atoms with Gasteiger partial charge in [0.2, 0.25) is 0 Å². The van der Waals surface area contributed by atoms with Crippen molar-refractivity contribution in [2.75, 3.05) is 25.5 Å². The summed E-state index contributed by atoms with van der Waals surface area (Å²) in [6.45, 7) is 5.66. The van der Waals surface area contributed by atoms with Gasteiger partial charge in [-0.1, -0.05) is 24.3 Å². The molecule has 2 aromatic carbocycles. The van der Waals surface area contributed by atoms with Crippen molar-refractivity contribution in [2.24, 2.45) is 5.92 Å². The average Bonchev–Trinajstić information content (AvgIpc) is 3.27. The molecule has 0 aliphatic carbocycles. The topological polar surface area (TPSA) is 65.6 Å². The standard InChI is InChI=1S/C24H32N4O2/c1-16-7-8-17(2)21(13-16)25-24(29)28-11-9-18(10-12-28)22-15-23(27-26-22)19-5-4-6-20(14-19)30-3/h4-8,13-14,18,22-23,26-27H,9-12,15H2,1-3H3,(H,25,29). The molecule has 2 unspecified atom stereocenters. The smallest absolute Gasteiger partial charge is 0.321 e. The molecule has 2 atom stereocenters. The number of ether oxygens (including phenoxy) is 1. The Bertz CT molecular complexity index is 893. The van der Waals surface area contributed by atoms with Crippen molar-refractivity contribution in [3.05, 3.63) is 59.2 Å². The highest BCUT2D eigenvalue weighted by molar-refractivity contribution is 5.90. The Balaban J connectivity index is 1.29. The molecule has 2 aliphatic heterocycles. The van der Waals surface area contributed by atoms with Gasteiger partial charge >= 0.3 is 6.03 Å². The van der Waals surface area contributed by atoms with Gasteiger partial charge in [-0.15, -0.1) is 0 Å². The van der Waals surface area contributed by atoms with E-state index in [2.05, 4.69) is 40.4 Å². The van der Waals surface area contributed by atoms with Crippen molar-refractivity contribution in [2.45, 2.75) is 45.2 Å². The van der Waals surface area contributed by atoms with E-state index in [9.17, 15) is 4.79 Å². The third-order valence-electron chi connectivity index (χ3n) is 6.46. The first kappa shape index (κ1) is 20.7. The Morgan fingerprint density at radius 1 is 1.10 bits per heavy atom. The fourth-order valence-corrected chi connectivity index (χ4v) is 4.54. The highest BCUT2D eigenvalue weighted by Gasteiger charge is 2.34. The number of urea groups is 1. The number of rotatable bonds is 4. The fourth-order valence-electron chi connectivity index (χ4n) is 4.54. The molecule has 6 nitrogen and oxygen atoms in total. The molecule has 0 saturated carbocycles. The summed E-state index contributed by atoms with van der Waals surface area (Å²) in [5.41, 5.74) is 11.3. The van der Waals surface area contributed by atoms with Gasteiger partial charge in [-0.3, -0.25) is 10.9 Å². The Labute approximate surface area is 179 Å². The number of carbonyl (C=O) groups excluding carboxylic acids is 1. The molecule has 2 fully saturated rings. The van der Waals surface area contributed by atoms with Crippen LogP contribution in [0.3, 0.4) is 0 Å². The number of hydrogen-bond acceptors (Lipinski definition) is 4. The van der Waals surface area contributed by atoms with Crippen molar-refractivity contribution < 1.29 is 9.53 Å². The van der Waals surface area contributed by atoms with Crippen molar-refractivity contribution in [3.63, 3.8) is 0 Å². The van der Waals surface area contributed by atoms with Crippen LogP contribution < -0.4 is 20.9 Å². The molecule has 160 valence electrons. The summed E-state index contributed by atoms with van der Waals surface area (Å²) < 4.78 is 5.36. The number of amides is 2. The highest BCUT2D eigenvalue weighted by Crippen LogP contribution is 2.32. The van der Waals surface area contributed by atoms with Gasteiger partial charge in [-0.25, -0.2) is 4.79 Å². The molecule has 0 spiro atoms. The third kappa shape index (κ3) is 4.60. The van der Waals surface area contributed by atoms with Crippen LogP contribution >= 0.6 is 0 Å². The minimum Gasteiger partial charge on any atom is -0.497 e. The summed E-state index contributed by atoms with van der Waals surface area (Å²) in [4.78, 5) is 14.7. The summed E-state index contributed by atoms with van der Waals surface area (Å²) >= 11 is 0. The van der Waals surface area contributed by atoms with Crippen LogP contribution in [0.2, 0.25) is 0 Å². The quantitative estimate of drug-likeness (QED) is 0.711. The lowest BCUT2D eigenvalue weighted by molar-refractivity contribution is 0.169. The summed E-state index contributed by atoms with van der Waals surface area (Å²) in [5.74, 6) is 1.46. The van der Waals surface area contributed by atoms with Crippen LogP contribution in [0.4, 0.5) is 10.5 Å². The number of anilines is 1. The summed E-state index contributed by atoms with van der Waals surface area (Å²) in [5, 5.41) is 3.09. The van der Waals surface area contributed by atoms with Gasteiger partial charge in [0.1, 0.15) is 5.75 Å². The second-order valence-corrected chi connectivity index (χ2v) is 8.53. The van der Waals surface area contributed by atoms with Crippen LogP contribution in [-0.4, -0.2) is 37.2 Å². The predicted octanol–water partition coefficient (Wildman–Crippen LogP) is 4.16. The lowest BCUT2D eigenvalue weighted by Crippen LogP contribution is -2.45. The molecule has 6 heteroatoms. The first-order chi connectivity index (χ1) is 14.5. The van der Waals surface area contributed by atoms with Crippen LogP contribution in [0.5, 0.6) is 5.75 Å². The van der Waals surface area contributed by atoms with Gasteiger partial charge in [0.05, 0.1) is 7.11 Å². The molecule has 3 N–H and O–H groups in total. The molecule has 2 amide bonds. The number of aryl methyl sites for hydroxylation is 2. The Morgan fingerprint density at radius 3 is 2.67 bits per heavy atom. The number of methoxy groups -OCH3 is 1. The van der Waals surface area contributed by atoms with E-state index in [-0.39, 0.29) is 12.1 Å². The van der Waals surface area contributed by atoms with E-state index in [4.69, 9.17) is 4.74 Å². The maximum atomic E-state index is 12.7. The third-order valence-corrected chi connectivity index (χ3v) is 6.46. The molecule has 2 aromatic rings. The zero-order valence-corrected chi connectivity index (χ0v) is 18.1. The van der Waals surface area contributed by atoms with E-state index in [1.54, 1.807) is 7.11 Å². The lowest BCUT2D eigenvalue weighted by Gasteiger charge is -2.34. The van der Waals surface area contributed by atoms with Gasteiger partial charge in [0, 0.05) is 30.9 Å². The average molecular weight is 409 g/mol. The molecule has 2 saturated heterocycles. The van der Waals surface area contributed by atoms with Crippen molar-refractivity contribution in [3.8, 4) is 5.75 Å². The van der Waals surface area contributed by atoms with Gasteiger partial charge < -0.3 is 15.0 Å². The van der Waals surface area contributed by atoms with Crippen LogP contribution in [0, 0.1) is 19.8 Å². The minimum absolute atomic E-state index is 0.00825. The lowest BCUT2D eigenvalue weighted by atomic mass is 9.86. The molecule has 0 bridgehead atoms. The van der Waals surface area contributed by atoms with E-state index in [1.807, 2.05) is 36.9 Å². The van der Waals surface area contributed by atoms with Gasteiger partial charge in [-0.05, 0) is 73.9 Å². The highest BCUT2D eigenvalue weighted by atomic mass is 16.5. The summed E-state index contributed by atoms with van der Waals surface area (Å²) in [6.07, 6.45) is 3.08. The van der Waals surface area contributed by atoms with Crippen molar-refractivity contribution in [1.29, 1.82) is 0 Å². The van der Waals surface area contributed by atoms with Gasteiger partial charge in [0.25, 0.3) is 0 Å². The molecule has 0 radical (unpaired) electrons. The second kappa shape index (κ2) is 9.06. The molecule has 0 aromatic heterocycles. The molecular formula is C24H32N4O2. The molecule has 2 aliphatic rings. The van der Waals surface area contributed by atoms with E-state index in [0.29, 0.717) is 12.0 Å². The maximum Gasteiger partial charge on any atom is 0.321 e. The Hall–Kier alpha value is -2.57. The maximum absolute atomic E-state index is 12.7. The van der Waals surface area contributed by atoms with E-state index in [0.717, 1.165) is 54.9 Å². The van der Waals surface area contributed by atoms with Crippen LogP contribution in [0.1, 0.15) is 42.0 Å². The number of benzene rings is 2. The van der Waals surface area contributed by atoms with Crippen molar-refractivity contribution in [1.82, 2.24) is 15.8 Å². The number of piperidine rings is 1. The van der Waals surface area contributed by atoms with Crippen molar-refractivity contribution >= 4 is 11.7 Å². The summed E-state index contributed by atoms with van der Waals surface area (Å²) in [7, 11) is 1.70. The number of carbonyl (C=O) groups is 1. The molecule has 30 heavy (non-hydrogen) atoms. The molecular weight excluding hydrogens is 376 g/mol. The van der Waals surface area contributed by atoms with Gasteiger partial charge in [0.15, 0.2) is 0 Å². The monoisotopic (exact) mass is 408 g/mol. The van der Waals surface area contributed by atoms with Crippen LogP contribution in [0.15, 0.2) is 42.5 Å². The normalized spacial score (nSPS) is 22.2. The zero-order chi connectivity index (χ0) is 21.1. The van der Waals surface area contributed by atoms with Crippen LogP contribution in [-0.2, 0) is 0 Å². The second-order valence-electron chi connectivity index (χ2n) is 8.53. The van der Waals surface area contributed by atoms with E-state index in [1.165, 1.54) is 5.56 Å². The predicted molar refractivity (Wildman–Crippen MR) is 120 cm³/mol. The zero-order valence-electron chi connectivity index (χ0n) is 18.1. The van der Waals surface area contributed by atoms with Gasteiger partial charge in [-0.2, -0.15) is 0 Å². The Morgan fingerprint density at radius 2 is 1.90 bits per heavy atom. The van der Waals surface area contributed by atoms with Crippen LogP contribution in [0.25, 0.3) is 0 Å². The Kier molecular flexibility index (Phi) is 6.25. The SMILES string of the molecule is COc1cccc(C2CC(C3CCN(C(=O)Nc4cc(C)ccc4C)CC3)NN2)c1. The minimum atomic E-state index is 0.00825. The molecule has 2 heterocycles. The number of likely N-dealkylation sites (tertiary alicyclic amines) is 1. The number of hydrazine groups is 1. The molecule has 4 rings (SSSR count). The first-order valence-corrected chi connectivity index (χ1v) is 10.8. The number of nitrogens with one attached hydrogen (secondary N) is 3. The summed E-state index contributed by atoms with van der Waals surface area (Å²) in [6, 6.07) is 15.1. The number of hydrogen-bond donors (Lipinski definition) is 3. The van der Waals surface area contributed by atoms with E-state index < -0.39 is 0 Å². The number of nitrogens with zero attached hydrogens (tertiary/aromatic N) is 1. The fraction of sp³-hybridized carbons (Fsp3) is 0.458. The largest absolute Gasteiger partial charge is 0.497 e. The first-order valence-electron chi connectivity index (χ1n) is 10.8. The van der Waals surface area contributed by atoms with E-state index >= 15 is 0 Å².